The summed E-state index contributed by atoms with van der Waals surface area (Å²) in [5.74, 6) is 0.280. The number of nitrogens with zero attached hydrogens (tertiary/aromatic N) is 1. The summed E-state index contributed by atoms with van der Waals surface area (Å²) in [5.41, 5.74) is 3.68. The summed E-state index contributed by atoms with van der Waals surface area (Å²) in [4.78, 5) is 12.7. The summed E-state index contributed by atoms with van der Waals surface area (Å²) in [5, 5.41) is 4.03. The van der Waals surface area contributed by atoms with E-state index in [1.54, 1.807) is 19.1 Å². The van der Waals surface area contributed by atoms with Gasteiger partial charge in [0, 0.05) is 0 Å². The van der Waals surface area contributed by atoms with Crippen LogP contribution in [0.1, 0.15) is 27.9 Å². The molecule has 1 amide bonds. The van der Waals surface area contributed by atoms with Gasteiger partial charge < -0.3 is 4.42 Å². The quantitative estimate of drug-likeness (QED) is 0.692. The number of hydrogen-bond acceptors (Lipinski definition) is 4. The Morgan fingerprint density at radius 3 is 2.78 bits per heavy atom. The van der Waals surface area contributed by atoms with Crippen LogP contribution in [-0.2, 0) is 0 Å². The van der Waals surface area contributed by atoms with E-state index in [0.29, 0.717) is 21.4 Å². The van der Waals surface area contributed by atoms with Crippen LogP contribution in [0.2, 0.25) is 4.34 Å². The van der Waals surface area contributed by atoms with Gasteiger partial charge in [-0.3, -0.25) is 4.79 Å². The minimum absolute atomic E-state index is 0.289. The van der Waals surface area contributed by atoms with Crippen LogP contribution in [0.5, 0.6) is 0 Å². The largest absolute Gasteiger partial charge is 0.469 e. The second-order valence-electron chi connectivity index (χ2n) is 3.63. The molecule has 0 aliphatic carbocycles. The van der Waals surface area contributed by atoms with E-state index in [-0.39, 0.29) is 5.91 Å². The molecule has 94 valence electrons. The number of hydrogen-bond donors (Lipinski definition) is 1. The summed E-state index contributed by atoms with van der Waals surface area (Å²) in [6.45, 7) is 3.54. The Balaban J connectivity index is 2.07. The Kier molecular flexibility index (Phi) is 3.84. The summed E-state index contributed by atoms with van der Waals surface area (Å²) in [7, 11) is 0. The number of carbonyl (C=O) groups excluding carboxylic acids is 1. The van der Waals surface area contributed by atoms with Crippen molar-refractivity contribution < 1.29 is 9.21 Å². The lowest BCUT2D eigenvalue weighted by atomic mass is 10.2. The van der Waals surface area contributed by atoms with Gasteiger partial charge >= 0.3 is 0 Å². The lowest BCUT2D eigenvalue weighted by Gasteiger charge is -1.99. The molecule has 2 rings (SSSR count). The van der Waals surface area contributed by atoms with E-state index in [2.05, 4.69) is 10.5 Å². The van der Waals surface area contributed by atoms with Crippen LogP contribution >= 0.6 is 22.9 Å². The predicted molar refractivity (Wildman–Crippen MR) is 72.5 cm³/mol. The van der Waals surface area contributed by atoms with Crippen molar-refractivity contribution in [3.8, 4) is 0 Å². The highest BCUT2D eigenvalue weighted by Crippen LogP contribution is 2.21. The Hall–Kier alpha value is -1.59. The average Bonchev–Trinajstić information content (AvgIpc) is 2.94. The first-order chi connectivity index (χ1) is 8.58. The first-order valence-electron chi connectivity index (χ1n) is 5.22. The molecule has 0 unspecified atom stereocenters. The topological polar surface area (TPSA) is 54.6 Å². The second kappa shape index (κ2) is 5.37. The molecule has 2 heterocycles. The van der Waals surface area contributed by atoms with Gasteiger partial charge in [0.1, 0.15) is 5.76 Å². The van der Waals surface area contributed by atoms with E-state index in [0.717, 1.165) is 4.88 Å². The third kappa shape index (κ3) is 2.80. The highest BCUT2D eigenvalue weighted by Gasteiger charge is 2.10. The summed E-state index contributed by atoms with van der Waals surface area (Å²) in [6.07, 6.45) is 1.47. The van der Waals surface area contributed by atoms with Gasteiger partial charge in [0.05, 0.1) is 26.8 Å². The second-order valence-corrected chi connectivity index (χ2v) is 5.35. The van der Waals surface area contributed by atoms with Gasteiger partial charge in [-0.05, 0) is 32.0 Å². The van der Waals surface area contributed by atoms with Crippen molar-refractivity contribution in [2.24, 2.45) is 5.10 Å². The monoisotopic (exact) mass is 282 g/mol. The van der Waals surface area contributed by atoms with Crippen molar-refractivity contribution in [3.05, 3.63) is 45.0 Å². The van der Waals surface area contributed by atoms with Crippen molar-refractivity contribution in [1.29, 1.82) is 0 Å². The summed E-state index contributed by atoms with van der Waals surface area (Å²) < 4.78 is 5.75. The van der Waals surface area contributed by atoms with Crippen LogP contribution in [-0.4, -0.2) is 11.6 Å². The van der Waals surface area contributed by atoms with E-state index in [1.807, 2.05) is 13.0 Å². The molecule has 0 saturated carbocycles. The van der Waals surface area contributed by atoms with Gasteiger partial charge in [-0.1, -0.05) is 11.6 Å². The average molecular weight is 283 g/mol. The van der Waals surface area contributed by atoms with Crippen molar-refractivity contribution in [2.75, 3.05) is 0 Å². The normalized spacial score (nSPS) is 11.6. The molecular weight excluding hydrogens is 272 g/mol. The van der Waals surface area contributed by atoms with Crippen LogP contribution in [0.4, 0.5) is 0 Å². The Morgan fingerprint density at radius 1 is 1.44 bits per heavy atom. The van der Waals surface area contributed by atoms with Crippen molar-refractivity contribution in [3.63, 3.8) is 0 Å². The molecule has 0 aliphatic rings. The van der Waals surface area contributed by atoms with Crippen molar-refractivity contribution in [1.82, 2.24) is 5.43 Å². The number of furan rings is 1. The minimum atomic E-state index is -0.289. The molecule has 2 aromatic heterocycles. The fourth-order valence-corrected chi connectivity index (χ4v) is 2.37. The Bertz CT molecular complexity index is 601. The Morgan fingerprint density at radius 2 is 2.22 bits per heavy atom. The number of carbonyl (C=O) groups is 1. The molecule has 0 aliphatic heterocycles. The maximum Gasteiger partial charge on any atom is 0.274 e. The fraction of sp³-hybridized carbons (Fsp3) is 0.167. The number of amides is 1. The number of thiophene rings is 1. The molecule has 2 aromatic rings. The zero-order valence-electron chi connectivity index (χ0n) is 9.86. The fourth-order valence-electron chi connectivity index (χ4n) is 1.38. The first-order valence-corrected chi connectivity index (χ1v) is 6.42. The molecule has 0 fully saturated rings. The molecule has 0 saturated heterocycles. The van der Waals surface area contributed by atoms with E-state index in [1.165, 1.54) is 17.6 Å². The van der Waals surface area contributed by atoms with Gasteiger partial charge in [0.25, 0.3) is 5.91 Å². The van der Waals surface area contributed by atoms with Gasteiger partial charge in [-0.15, -0.1) is 11.3 Å². The third-order valence-electron chi connectivity index (χ3n) is 2.36. The molecule has 0 aromatic carbocycles. The molecule has 0 bridgehead atoms. The van der Waals surface area contributed by atoms with E-state index in [4.69, 9.17) is 16.0 Å². The molecule has 18 heavy (non-hydrogen) atoms. The molecule has 4 nitrogen and oxygen atoms in total. The van der Waals surface area contributed by atoms with Gasteiger partial charge in [0.15, 0.2) is 0 Å². The number of aryl methyl sites for hydroxylation is 1. The summed E-state index contributed by atoms with van der Waals surface area (Å²) in [6, 6.07) is 5.27. The SMILES string of the molecule is CC(=NNC(=O)c1ccoc1C)c1ccc(Cl)s1. The lowest BCUT2D eigenvalue weighted by Crippen LogP contribution is -2.19. The van der Waals surface area contributed by atoms with Crippen molar-refractivity contribution >= 4 is 34.6 Å². The van der Waals surface area contributed by atoms with E-state index >= 15 is 0 Å². The van der Waals surface area contributed by atoms with Crippen molar-refractivity contribution in [2.45, 2.75) is 13.8 Å². The van der Waals surface area contributed by atoms with Gasteiger partial charge in [0.2, 0.25) is 0 Å². The Labute approximate surface area is 113 Å². The number of nitrogens with one attached hydrogen (secondary N) is 1. The zero-order chi connectivity index (χ0) is 13.1. The van der Waals surface area contributed by atoms with Gasteiger partial charge in [-0.2, -0.15) is 5.10 Å². The maximum absolute atomic E-state index is 11.8. The van der Waals surface area contributed by atoms with Crippen LogP contribution in [0.15, 0.2) is 34.0 Å². The predicted octanol–water partition coefficient (Wildman–Crippen LogP) is 3.46. The number of rotatable bonds is 3. The third-order valence-corrected chi connectivity index (χ3v) is 3.70. The maximum atomic E-state index is 11.8. The standard InChI is InChI=1S/C12H11ClN2O2S/c1-7(10-3-4-11(13)18-10)14-15-12(16)9-5-6-17-8(9)2/h3-6H,1-2H3,(H,15,16). The highest BCUT2D eigenvalue weighted by atomic mass is 35.5. The van der Waals surface area contributed by atoms with Crippen LogP contribution in [0.3, 0.4) is 0 Å². The highest BCUT2D eigenvalue weighted by molar-refractivity contribution is 7.18. The lowest BCUT2D eigenvalue weighted by molar-refractivity contribution is 0.0953. The first kappa shape index (κ1) is 12.9. The minimum Gasteiger partial charge on any atom is -0.469 e. The molecule has 0 spiro atoms. The van der Waals surface area contributed by atoms with Crippen LogP contribution < -0.4 is 5.43 Å². The van der Waals surface area contributed by atoms with Gasteiger partial charge in [-0.25, -0.2) is 5.43 Å². The summed E-state index contributed by atoms with van der Waals surface area (Å²) >= 11 is 7.25. The van der Waals surface area contributed by atoms with Crippen LogP contribution in [0, 0.1) is 6.92 Å². The zero-order valence-corrected chi connectivity index (χ0v) is 11.4. The molecular formula is C12H11ClN2O2S. The molecule has 1 N–H and O–H groups in total. The number of hydrazone groups is 1. The molecule has 6 heteroatoms. The van der Waals surface area contributed by atoms with E-state index in [9.17, 15) is 4.79 Å². The molecule has 0 radical (unpaired) electrons. The molecule has 0 atom stereocenters. The van der Waals surface area contributed by atoms with Crippen LogP contribution in [0.25, 0.3) is 0 Å². The number of halogens is 1. The van der Waals surface area contributed by atoms with E-state index < -0.39 is 0 Å². The smallest absolute Gasteiger partial charge is 0.274 e.